The average molecular weight is 510 g/mol. The number of carbonyl (C=O) groups excluding carboxylic acids is 1. The summed E-state index contributed by atoms with van der Waals surface area (Å²) in [6.45, 7) is 1.06. The van der Waals surface area contributed by atoms with E-state index in [1.165, 1.54) is 30.1 Å². The van der Waals surface area contributed by atoms with Crippen molar-refractivity contribution in [3.05, 3.63) is 66.7 Å². The van der Waals surface area contributed by atoms with Gasteiger partial charge in [0.25, 0.3) is 6.01 Å². The van der Waals surface area contributed by atoms with Crippen molar-refractivity contribution in [2.45, 2.75) is 4.90 Å². The number of pyridine rings is 1. The summed E-state index contributed by atoms with van der Waals surface area (Å²) < 4.78 is 44.3. The number of anilines is 4. The zero-order valence-corrected chi connectivity index (χ0v) is 20.1. The number of ether oxygens (including phenoxy) is 2. The lowest BCUT2D eigenvalue weighted by atomic mass is 10.1. The zero-order valence-electron chi connectivity index (χ0n) is 19.3. The standard InChI is InChI=1S/C24H23N5O6S/c1-33-23(30)17-4-2-3-5-20(17)28-22-18-14-16(27-24-25-8-11-35-24)6-7-19(18)26-15-21(22)36(31,32)29-9-12-34-13-10-29/h2-8,11,14-15H,9-10,12-13H2,1H3,(H,25,27)(H,26,28). The van der Waals surface area contributed by atoms with Gasteiger partial charge in [0.05, 0.1) is 49.0 Å². The van der Waals surface area contributed by atoms with E-state index < -0.39 is 16.0 Å². The number of rotatable bonds is 7. The van der Waals surface area contributed by atoms with Gasteiger partial charge in [0.2, 0.25) is 10.0 Å². The summed E-state index contributed by atoms with van der Waals surface area (Å²) >= 11 is 0. The van der Waals surface area contributed by atoms with Crippen LogP contribution in [0.3, 0.4) is 0 Å². The third kappa shape index (κ3) is 4.61. The summed E-state index contributed by atoms with van der Waals surface area (Å²) in [6, 6.07) is 12.3. The number of benzene rings is 2. The molecule has 3 heterocycles. The highest BCUT2D eigenvalue weighted by Crippen LogP contribution is 2.36. The highest BCUT2D eigenvalue weighted by atomic mass is 32.2. The van der Waals surface area contributed by atoms with E-state index in [-0.39, 0.29) is 35.3 Å². The molecule has 1 saturated heterocycles. The van der Waals surface area contributed by atoms with Crippen LogP contribution >= 0.6 is 0 Å². The van der Waals surface area contributed by atoms with Crippen LogP contribution in [0.15, 0.2) is 70.4 Å². The predicted molar refractivity (Wildman–Crippen MR) is 132 cm³/mol. The van der Waals surface area contributed by atoms with Gasteiger partial charge in [0.1, 0.15) is 11.2 Å². The van der Waals surface area contributed by atoms with E-state index in [0.717, 1.165) is 0 Å². The molecule has 0 atom stereocenters. The number of carbonyl (C=O) groups is 1. The number of esters is 1. The molecule has 12 heteroatoms. The van der Waals surface area contributed by atoms with Crippen LogP contribution in [0.2, 0.25) is 0 Å². The smallest absolute Gasteiger partial charge is 0.339 e. The van der Waals surface area contributed by atoms with Crippen molar-refractivity contribution in [1.29, 1.82) is 0 Å². The number of methoxy groups -OCH3 is 1. The topological polar surface area (TPSA) is 136 Å². The molecule has 0 amide bonds. The SMILES string of the molecule is COC(=O)c1ccccc1Nc1c(S(=O)(=O)N2CCOCC2)cnc2ccc(Nc3ncco3)cc12. The van der Waals surface area contributed by atoms with Crippen LogP contribution in [-0.4, -0.2) is 62.1 Å². The number of fused-ring (bicyclic) bond motifs is 1. The lowest BCUT2D eigenvalue weighted by Crippen LogP contribution is -2.40. The van der Waals surface area contributed by atoms with Crippen molar-refractivity contribution in [3.63, 3.8) is 0 Å². The zero-order chi connectivity index (χ0) is 25.1. The Kier molecular flexibility index (Phi) is 6.55. The van der Waals surface area contributed by atoms with E-state index >= 15 is 0 Å². The van der Waals surface area contributed by atoms with Crippen LogP contribution < -0.4 is 10.6 Å². The molecule has 186 valence electrons. The fraction of sp³-hybridized carbons (Fsp3) is 0.208. The number of sulfonamides is 1. The number of para-hydroxylation sites is 1. The van der Waals surface area contributed by atoms with Crippen LogP contribution in [0, 0.1) is 0 Å². The molecule has 0 bridgehead atoms. The van der Waals surface area contributed by atoms with Crippen LogP contribution in [-0.2, 0) is 19.5 Å². The first-order valence-electron chi connectivity index (χ1n) is 11.1. The maximum absolute atomic E-state index is 13.7. The Morgan fingerprint density at radius 2 is 1.89 bits per heavy atom. The Morgan fingerprint density at radius 3 is 2.64 bits per heavy atom. The Labute approximate surface area is 207 Å². The first-order chi connectivity index (χ1) is 17.5. The number of hydrogen-bond acceptors (Lipinski definition) is 10. The maximum atomic E-state index is 13.7. The molecule has 1 fully saturated rings. The quantitative estimate of drug-likeness (QED) is 0.356. The highest BCUT2D eigenvalue weighted by Gasteiger charge is 2.30. The summed E-state index contributed by atoms with van der Waals surface area (Å²) in [5.74, 6) is -0.555. The van der Waals surface area contributed by atoms with Gasteiger partial charge >= 0.3 is 5.97 Å². The summed E-state index contributed by atoms with van der Waals surface area (Å²) in [4.78, 5) is 20.9. The molecule has 0 spiro atoms. The molecule has 2 aromatic carbocycles. The van der Waals surface area contributed by atoms with Gasteiger partial charge in [0.15, 0.2) is 0 Å². The molecule has 11 nitrogen and oxygen atoms in total. The first kappa shape index (κ1) is 23.7. The molecule has 1 aliphatic rings. The molecule has 5 rings (SSSR count). The molecule has 0 saturated carbocycles. The van der Waals surface area contributed by atoms with E-state index in [1.807, 2.05) is 0 Å². The molecule has 2 aromatic heterocycles. The van der Waals surface area contributed by atoms with Crippen molar-refractivity contribution >= 4 is 50.0 Å². The summed E-state index contributed by atoms with van der Waals surface area (Å²) in [6.07, 6.45) is 4.28. The largest absolute Gasteiger partial charge is 0.465 e. The van der Waals surface area contributed by atoms with Crippen LogP contribution in [0.1, 0.15) is 10.4 Å². The van der Waals surface area contributed by atoms with Crippen LogP contribution in [0.5, 0.6) is 0 Å². The normalized spacial score (nSPS) is 14.5. The van der Waals surface area contributed by atoms with Gasteiger partial charge in [-0.25, -0.2) is 18.2 Å². The first-order valence-corrected chi connectivity index (χ1v) is 12.5. The fourth-order valence-corrected chi connectivity index (χ4v) is 5.44. The Bertz CT molecular complexity index is 1500. The molecule has 0 aliphatic carbocycles. The van der Waals surface area contributed by atoms with E-state index in [9.17, 15) is 13.2 Å². The lowest BCUT2D eigenvalue weighted by molar-refractivity contribution is 0.0602. The van der Waals surface area contributed by atoms with Gasteiger partial charge in [-0.05, 0) is 30.3 Å². The number of aromatic nitrogens is 2. The molecular formula is C24H23N5O6S. The van der Waals surface area contributed by atoms with E-state index in [1.54, 1.807) is 42.5 Å². The second-order valence-electron chi connectivity index (χ2n) is 7.87. The minimum absolute atomic E-state index is 0.0233. The van der Waals surface area contributed by atoms with E-state index in [0.29, 0.717) is 35.5 Å². The minimum atomic E-state index is -3.94. The van der Waals surface area contributed by atoms with Crippen molar-refractivity contribution < 1.29 is 27.1 Å². The van der Waals surface area contributed by atoms with Gasteiger partial charge in [-0.2, -0.15) is 4.31 Å². The second-order valence-corrected chi connectivity index (χ2v) is 9.78. The lowest BCUT2D eigenvalue weighted by Gasteiger charge is -2.27. The molecule has 0 unspecified atom stereocenters. The van der Waals surface area contributed by atoms with Crippen LogP contribution in [0.25, 0.3) is 10.9 Å². The Morgan fingerprint density at radius 1 is 1.08 bits per heavy atom. The van der Waals surface area contributed by atoms with Gasteiger partial charge in [0, 0.05) is 30.4 Å². The minimum Gasteiger partial charge on any atom is -0.465 e. The van der Waals surface area contributed by atoms with Crippen molar-refractivity contribution in [2.24, 2.45) is 0 Å². The molecule has 36 heavy (non-hydrogen) atoms. The number of oxazole rings is 1. The second kappa shape index (κ2) is 9.93. The fourth-order valence-electron chi connectivity index (χ4n) is 3.93. The summed E-state index contributed by atoms with van der Waals surface area (Å²) in [7, 11) is -2.66. The number of nitrogens with zero attached hydrogens (tertiary/aromatic N) is 3. The average Bonchev–Trinajstić information content (AvgIpc) is 3.42. The number of nitrogens with one attached hydrogen (secondary N) is 2. The van der Waals surface area contributed by atoms with E-state index in [4.69, 9.17) is 13.9 Å². The van der Waals surface area contributed by atoms with E-state index in [2.05, 4.69) is 20.6 Å². The van der Waals surface area contributed by atoms with Crippen molar-refractivity contribution in [3.8, 4) is 0 Å². The number of morpholine rings is 1. The molecular weight excluding hydrogens is 486 g/mol. The monoisotopic (exact) mass is 509 g/mol. The molecule has 4 aromatic rings. The third-order valence-corrected chi connectivity index (χ3v) is 7.61. The maximum Gasteiger partial charge on any atom is 0.339 e. The Balaban J connectivity index is 1.68. The van der Waals surface area contributed by atoms with Gasteiger partial charge in [-0.3, -0.25) is 4.98 Å². The molecule has 1 aliphatic heterocycles. The molecule has 0 radical (unpaired) electrons. The summed E-state index contributed by atoms with van der Waals surface area (Å²) in [5, 5.41) is 6.74. The molecule has 2 N–H and O–H groups in total. The predicted octanol–water partition coefficient (Wildman–Crippen LogP) is 3.52. The van der Waals surface area contributed by atoms with Crippen LogP contribution in [0.4, 0.5) is 23.1 Å². The van der Waals surface area contributed by atoms with Gasteiger partial charge in [-0.1, -0.05) is 12.1 Å². The van der Waals surface area contributed by atoms with Crippen molar-refractivity contribution in [1.82, 2.24) is 14.3 Å². The van der Waals surface area contributed by atoms with Gasteiger partial charge in [-0.15, -0.1) is 0 Å². The number of hydrogen-bond donors (Lipinski definition) is 2. The van der Waals surface area contributed by atoms with Gasteiger partial charge < -0.3 is 24.5 Å². The third-order valence-electron chi connectivity index (χ3n) is 5.70. The highest BCUT2D eigenvalue weighted by molar-refractivity contribution is 7.89. The summed E-state index contributed by atoms with van der Waals surface area (Å²) in [5.41, 5.74) is 2.08. The van der Waals surface area contributed by atoms with Crippen molar-refractivity contribution in [2.75, 3.05) is 44.0 Å². The Hall–Kier alpha value is -4.00.